The van der Waals surface area contributed by atoms with Crippen molar-refractivity contribution < 1.29 is 9.47 Å². The number of hydrogen-bond acceptors (Lipinski definition) is 4. The molecule has 2 aliphatic heterocycles. The maximum Gasteiger partial charge on any atom is 0.181 e. The first-order valence-corrected chi connectivity index (χ1v) is 8.33. The topological polar surface area (TPSA) is 34.6 Å². The summed E-state index contributed by atoms with van der Waals surface area (Å²) in [6, 6.07) is 12.8. The largest absolute Gasteiger partial charge is 0.346 e. The molecule has 1 spiro atoms. The molecular formula is C19H22N2O2. The minimum Gasteiger partial charge on any atom is -0.346 e. The highest BCUT2D eigenvalue weighted by molar-refractivity contribution is 5.62. The monoisotopic (exact) mass is 310 g/mol. The summed E-state index contributed by atoms with van der Waals surface area (Å²) in [5.74, 6) is -0.348. The number of ether oxygens (including phenoxy) is 2. The molecule has 2 aromatic rings. The molecule has 4 nitrogen and oxygen atoms in total. The third kappa shape index (κ3) is 3.29. The maximum absolute atomic E-state index is 5.87. The Labute approximate surface area is 137 Å². The minimum atomic E-state index is -0.348. The number of rotatable bonds is 3. The van der Waals surface area contributed by atoms with Gasteiger partial charge in [-0.05, 0) is 41.8 Å². The van der Waals surface area contributed by atoms with Gasteiger partial charge in [-0.2, -0.15) is 0 Å². The van der Waals surface area contributed by atoms with Crippen molar-refractivity contribution in [2.75, 3.05) is 26.3 Å². The van der Waals surface area contributed by atoms with Crippen molar-refractivity contribution in [3.05, 3.63) is 54.4 Å². The van der Waals surface area contributed by atoms with Gasteiger partial charge in [-0.1, -0.05) is 24.3 Å². The molecule has 2 saturated heterocycles. The molecule has 4 heteroatoms. The first-order valence-electron chi connectivity index (χ1n) is 8.33. The third-order valence-electron chi connectivity index (χ3n) is 4.64. The van der Waals surface area contributed by atoms with Crippen LogP contribution in [0.5, 0.6) is 0 Å². The highest BCUT2D eigenvalue weighted by Crippen LogP contribution is 2.31. The van der Waals surface area contributed by atoms with Crippen molar-refractivity contribution in [3.8, 4) is 11.1 Å². The summed E-state index contributed by atoms with van der Waals surface area (Å²) >= 11 is 0. The van der Waals surface area contributed by atoms with Crippen molar-refractivity contribution >= 4 is 0 Å². The third-order valence-corrected chi connectivity index (χ3v) is 4.64. The van der Waals surface area contributed by atoms with E-state index in [1.165, 1.54) is 11.1 Å². The van der Waals surface area contributed by atoms with E-state index >= 15 is 0 Å². The average molecular weight is 310 g/mol. The maximum atomic E-state index is 5.87. The lowest BCUT2D eigenvalue weighted by molar-refractivity contribution is -0.190. The Kier molecular flexibility index (Phi) is 4.12. The number of likely N-dealkylation sites (tertiary alicyclic amines) is 1. The van der Waals surface area contributed by atoms with Gasteiger partial charge in [0.1, 0.15) is 0 Å². The van der Waals surface area contributed by atoms with Crippen molar-refractivity contribution in [1.29, 1.82) is 0 Å². The zero-order chi connectivity index (χ0) is 15.5. The lowest BCUT2D eigenvalue weighted by Gasteiger charge is -2.38. The summed E-state index contributed by atoms with van der Waals surface area (Å²) in [5, 5.41) is 0. The molecule has 1 aromatic heterocycles. The van der Waals surface area contributed by atoms with E-state index in [-0.39, 0.29) is 5.79 Å². The number of benzene rings is 1. The van der Waals surface area contributed by atoms with E-state index < -0.39 is 0 Å². The van der Waals surface area contributed by atoms with E-state index in [0.29, 0.717) is 0 Å². The van der Waals surface area contributed by atoms with Gasteiger partial charge in [0, 0.05) is 25.4 Å². The summed E-state index contributed by atoms with van der Waals surface area (Å²) in [6.07, 6.45) is 5.86. The molecule has 0 bridgehead atoms. The fraction of sp³-hybridized carbons (Fsp3) is 0.421. The number of nitrogens with zero attached hydrogens (tertiary/aromatic N) is 2. The number of piperidine rings is 1. The predicted molar refractivity (Wildman–Crippen MR) is 88.8 cm³/mol. The minimum absolute atomic E-state index is 0.348. The van der Waals surface area contributed by atoms with Crippen LogP contribution in [0.3, 0.4) is 0 Å². The van der Waals surface area contributed by atoms with E-state index in [1.807, 2.05) is 18.5 Å². The molecule has 0 aliphatic carbocycles. The Balaban J connectivity index is 1.48. The van der Waals surface area contributed by atoms with Gasteiger partial charge in [0.2, 0.25) is 0 Å². The second-order valence-corrected chi connectivity index (χ2v) is 6.36. The Hall–Kier alpha value is -1.75. The Morgan fingerprint density at radius 3 is 2.78 bits per heavy atom. The smallest absolute Gasteiger partial charge is 0.181 e. The molecule has 2 fully saturated rings. The number of hydrogen-bond donors (Lipinski definition) is 0. The molecular weight excluding hydrogens is 288 g/mol. The van der Waals surface area contributed by atoms with Crippen molar-refractivity contribution in [3.63, 3.8) is 0 Å². The van der Waals surface area contributed by atoms with Gasteiger partial charge in [-0.3, -0.25) is 9.88 Å². The van der Waals surface area contributed by atoms with Gasteiger partial charge in [-0.15, -0.1) is 0 Å². The summed E-state index contributed by atoms with van der Waals surface area (Å²) in [7, 11) is 0. The number of aromatic nitrogens is 1. The lowest BCUT2D eigenvalue weighted by Crippen LogP contribution is -2.48. The fourth-order valence-electron chi connectivity index (χ4n) is 3.58. The van der Waals surface area contributed by atoms with Gasteiger partial charge in [0.25, 0.3) is 0 Å². The van der Waals surface area contributed by atoms with Crippen LogP contribution in [0, 0.1) is 0 Å². The summed E-state index contributed by atoms with van der Waals surface area (Å²) in [5.41, 5.74) is 3.70. The van der Waals surface area contributed by atoms with Crippen LogP contribution < -0.4 is 0 Å². The molecule has 0 radical (unpaired) electrons. The Bertz CT molecular complexity index is 653. The Morgan fingerprint density at radius 2 is 1.96 bits per heavy atom. The molecule has 120 valence electrons. The quantitative estimate of drug-likeness (QED) is 0.872. The molecule has 0 N–H and O–H groups in total. The first kappa shape index (κ1) is 14.8. The SMILES string of the molecule is c1cncc(-c2cccc(CN3CCCC4(C3)OCCO4)c2)c1. The van der Waals surface area contributed by atoms with E-state index in [1.54, 1.807) is 0 Å². The van der Waals surface area contributed by atoms with E-state index in [9.17, 15) is 0 Å². The second-order valence-electron chi connectivity index (χ2n) is 6.36. The van der Waals surface area contributed by atoms with Crippen LogP contribution in [-0.2, 0) is 16.0 Å². The molecule has 2 aliphatic rings. The van der Waals surface area contributed by atoms with Crippen LogP contribution in [0.4, 0.5) is 0 Å². The van der Waals surface area contributed by atoms with Gasteiger partial charge in [0.05, 0.1) is 19.8 Å². The normalized spacial score (nSPS) is 20.9. The summed E-state index contributed by atoms with van der Waals surface area (Å²) in [4.78, 5) is 6.65. The van der Waals surface area contributed by atoms with Crippen LogP contribution in [0.1, 0.15) is 18.4 Å². The van der Waals surface area contributed by atoms with Gasteiger partial charge in [-0.25, -0.2) is 0 Å². The van der Waals surface area contributed by atoms with E-state index in [4.69, 9.17) is 9.47 Å². The molecule has 0 amide bonds. The number of pyridine rings is 1. The zero-order valence-corrected chi connectivity index (χ0v) is 13.3. The van der Waals surface area contributed by atoms with E-state index in [2.05, 4.69) is 40.2 Å². The van der Waals surface area contributed by atoms with Crippen LogP contribution in [0.25, 0.3) is 11.1 Å². The van der Waals surface area contributed by atoms with Crippen molar-refractivity contribution in [1.82, 2.24) is 9.88 Å². The van der Waals surface area contributed by atoms with E-state index in [0.717, 1.165) is 51.3 Å². The zero-order valence-electron chi connectivity index (χ0n) is 13.3. The Morgan fingerprint density at radius 1 is 1.09 bits per heavy atom. The van der Waals surface area contributed by atoms with Gasteiger partial charge >= 0.3 is 0 Å². The highest BCUT2D eigenvalue weighted by atomic mass is 16.7. The molecule has 0 atom stereocenters. The molecule has 0 unspecified atom stereocenters. The van der Waals surface area contributed by atoms with Crippen LogP contribution in [0.15, 0.2) is 48.8 Å². The molecule has 1 aromatic carbocycles. The summed E-state index contributed by atoms with van der Waals surface area (Å²) in [6.45, 7) is 4.35. The fourth-order valence-corrected chi connectivity index (χ4v) is 3.58. The van der Waals surface area contributed by atoms with Crippen molar-refractivity contribution in [2.45, 2.75) is 25.2 Å². The van der Waals surface area contributed by atoms with Crippen LogP contribution in [-0.4, -0.2) is 42.0 Å². The summed E-state index contributed by atoms with van der Waals surface area (Å²) < 4.78 is 11.7. The second kappa shape index (κ2) is 6.40. The van der Waals surface area contributed by atoms with Crippen molar-refractivity contribution in [2.24, 2.45) is 0 Å². The van der Waals surface area contributed by atoms with Crippen LogP contribution in [0.2, 0.25) is 0 Å². The molecule has 23 heavy (non-hydrogen) atoms. The molecule has 3 heterocycles. The van der Waals surface area contributed by atoms with Crippen LogP contribution >= 0.6 is 0 Å². The lowest BCUT2D eigenvalue weighted by atomic mass is 10.0. The predicted octanol–water partition coefficient (Wildman–Crippen LogP) is 3.09. The highest BCUT2D eigenvalue weighted by Gasteiger charge is 2.40. The molecule has 0 saturated carbocycles. The van der Waals surface area contributed by atoms with Gasteiger partial charge in [0.15, 0.2) is 5.79 Å². The average Bonchev–Trinajstić information content (AvgIpc) is 3.03. The first-order chi connectivity index (χ1) is 11.3. The standard InChI is InChI=1S/C19H22N2O2/c1-4-16(12-17(5-1)18-6-2-8-20-13-18)14-21-9-3-7-19(15-21)22-10-11-23-19/h1-2,4-6,8,12-13H,3,7,9-11,14-15H2. The van der Waals surface area contributed by atoms with Gasteiger partial charge < -0.3 is 9.47 Å². The molecule has 4 rings (SSSR count).